The second kappa shape index (κ2) is 9.80. The van der Waals surface area contributed by atoms with Crippen LogP contribution in [0.1, 0.15) is 29.3 Å². The molecule has 2 heterocycles. The van der Waals surface area contributed by atoms with E-state index in [1.165, 1.54) is 17.7 Å². The summed E-state index contributed by atoms with van der Waals surface area (Å²) in [5.41, 5.74) is 0.820. The van der Waals surface area contributed by atoms with Crippen LogP contribution >= 0.6 is 11.3 Å². The van der Waals surface area contributed by atoms with Crippen molar-refractivity contribution in [2.45, 2.75) is 25.3 Å². The zero-order chi connectivity index (χ0) is 19.9. The Morgan fingerprint density at radius 2 is 1.82 bits per heavy atom. The lowest BCUT2D eigenvalue weighted by Gasteiger charge is -2.27. The number of likely N-dealkylation sites (tertiary alicyclic amines) is 1. The predicted octanol–water partition coefficient (Wildman–Crippen LogP) is 3.27. The van der Waals surface area contributed by atoms with Gasteiger partial charge in [0.15, 0.2) is 11.5 Å². The van der Waals surface area contributed by atoms with E-state index in [9.17, 15) is 4.79 Å². The van der Waals surface area contributed by atoms with Gasteiger partial charge in [0, 0.05) is 11.4 Å². The van der Waals surface area contributed by atoms with Gasteiger partial charge in [-0.1, -0.05) is 6.07 Å². The number of methoxy groups -OCH3 is 3. The number of benzene rings is 1. The highest BCUT2D eigenvalue weighted by Crippen LogP contribution is 2.38. The fourth-order valence-electron chi connectivity index (χ4n) is 3.64. The Labute approximate surface area is 170 Å². The van der Waals surface area contributed by atoms with Gasteiger partial charge in [0.05, 0.1) is 33.8 Å². The summed E-state index contributed by atoms with van der Waals surface area (Å²) in [6.45, 7) is 2.79. The summed E-state index contributed by atoms with van der Waals surface area (Å²) < 4.78 is 16.1. The molecule has 1 aliphatic rings. The van der Waals surface area contributed by atoms with Gasteiger partial charge in [0.1, 0.15) is 0 Å². The van der Waals surface area contributed by atoms with Crippen molar-refractivity contribution in [3.8, 4) is 17.2 Å². The Balaban J connectivity index is 1.66. The lowest BCUT2D eigenvalue weighted by atomic mass is 10.1. The van der Waals surface area contributed by atoms with Crippen LogP contribution in [0.3, 0.4) is 0 Å². The highest BCUT2D eigenvalue weighted by atomic mass is 32.1. The molecule has 1 amide bonds. The highest BCUT2D eigenvalue weighted by molar-refractivity contribution is 7.10. The van der Waals surface area contributed by atoms with Crippen molar-refractivity contribution >= 4 is 17.2 Å². The van der Waals surface area contributed by atoms with E-state index in [1.807, 2.05) is 12.1 Å². The van der Waals surface area contributed by atoms with Crippen LogP contribution in [-0.4, -0.2) is 51.8 Å². The monoisotopic (exact) mass is 404 g/mol. The van der Waals surface area contributed by atoms with Gasteiger partial charge in [-0.25, -0.2) is 0 Å². The number of carbonyl (C=O) groups excluding carboxylic acids is 1. The summed E-state index contributed by atoms with van der Waals surface area (Å²) in [7, 11) is 4.71. The number of carbonyl (C=O) groups is 1. The zero-order valence-corrected chi connectivity index (χ0v) is 17.5. The Kier molecular flexibility index (Phi) is 7.17. The second-order valence-electron chi connectivity index (χ2n) is 6.79. The molecule has 7 heteroatoms. The third-order valence-corrected chi connectivity index (χ3v) is 6.01. The SMILES string of the molecule is COc1cc(CC(=O)NCC(c2cccs2)N2CCCC2)cc(OC)c1OC. The molecular weight excluding hydrogens is 376 g/mol. The quantitative estimate of drug-likeness (QED) is 0.695. The van der Waals surface area contributed by atoms with Crippen LogP contribution in [-0.2, 0) is 11.2 Å². The van der Waals surface area contributed by atoms with Crippen LogP contribution in [0.15, 0.2) is 29.6 Å². The Morgan fingerprint density at radius 3 is 2.36 bits per heavy atom. The molecule has 0 spiro atoms. The van der Waals surface area contributed by atoms with Gasteiger partial charge in [0.25, 0.3) is 0 Å². The van der Waals surface area contributed by atoms with E-state index in [0.29, 0.717) is 23.8 Å². The van der Waals surface area contributed by atoms with Crippen LogP contribution in [0, 0.1) is 0 Å². The van der Waals surface area contributed by atoms with Crippen molar-refractivity contribution in [3.05, 3.63) is 40.1 Å². The molecule has 1 aromatic carbocycles. The molecular formula is C21H28N2O4S. The number of hydrogen-bond acceptors (Lipinski definition) is 6. The van der Waals surface area contributed by atoms with E-state index in [4.69, 9.17) is 14.2 Å². The molecule has 0 bridgehead atoms. The molecule has 152 valence electrons. The number of thiophene rings is 1. The molecule has 1 aliphatic heterocycles. The molecule has 1 N–H and O–H groups in total. The minimum Gasteiger partial charge on any atom is -0.493 e. The molecule has 0 aliphatic carbocycles. The fraction of sp³-hybridized carbons (Fsp3) is 0.476. The molecule has 1 fully saturated rings. The van der Waals surface area contributed by atoms with Crippen molar-refractivity contribution in [2.24, 2.45) is 0 Å². The maximum Gasteiger partial charge on any atom is 0.224 e. The van der Waals surface area contributed by atoms with Gasteiger partial charge in [-0.3, -0.25) is 9.69 Å². The molecule has 6 nitrogen and oxygen atoms in total. The summed E-state index contributed by atoms with van der Waals surface area (Å²) >= 11 is 1.75. The van der Waals surface area contributed by atoms with Crippen molar-refractivity contribution in [1.82, 2.24) is 10.2 Å². The number of hydrogen-bond donors (Lipinski definition) is 1. The molecule has 28 heavy (non-hydrogen) atoms. The standard InChI is InChI=1S/C21H28N2O4S/c1-25-17-11-15(12-18(26-2)21(17)27-3)13-20(24)22-14-16(19-7-6-10-28-19)23-8-4-5-9-23/h6-7,10-12,16H,4-5,8-9,13-14H2,1-3H3,(H,22,24). The van der Waals surface area contributed by atoms with Crippen molar-refractivity contribution in [1.29, 1.82) is 0 Å². The van der Waals surface area contributed by atoms with E-state index in [-0.39, 0.29) is 18.4 Å². The molecule has 1 aromatic heterocycles. The van der Waals surface area contributed by atoms with E-state index in [2.05, 4.69) is 27.7 Å². The molecule has 0 radical (unpaired) electrons. The number of nitrogens with zero attached hydrogens (tertiary/aromatic N) is 1. The number of rotatable bonds is 9. The molecule has 1 saturated heterocycles. The van der Waals surface area contributed by atoms with Crippen LogP contribution in [0.25, 0.3) is 0 Å². The van der Waals surface area contributed by atoms with Gasteiger partial charge in [-0.15, -0.1) is 11.3 Å². The minimum absolute atomic E-state index is 0.0185. The first kappa shape index (κ1) is 20.5. The first-order chi connectivity index (χ1) is 13.7. The molecule has 1 unspecified atom stereocenters. The summed E-state index contributed by atoms with van der Waals surface area (Å²) in [5, 5.41) is 5.21. The highest BCUT2D eigenvalue weighted by Gasteiger charge is 2.24. The molecule has 0 saturated carbocycles. The zero-order valence-electron chi connectivity index (χ0n) is 16.7. The summed E-state index contributed by atoms with van der Waals surface area (Å²) in [6, 6.07) is 8.10. The summed E-state index contributed by atoms with van der Waals surface area (Å²) in [5.74, 6) is 1.62. The first-order valence-electron chi connectivity index (χ1n) is 9.49. The topological polar surface area (TPSA) is 60.0 Å². The van der Waals surface area contributed by atoms with Gasteiger partial charge in [-0.05, 0) is 55.1 Å². The Bertz CT molecular complexity index is 748. The van der Waals surface area contributed by atoms with Crippen LogP contribution < -0.4 is 19.5 Å². The Morgan fingerprint density at radius 1 is 1.14 bits per heavy atom. The van der Waals surface area contributed by atoms with Crippen molar-refractivity contribution in [2.75, 3.05) is 41.0 Å². The minimum atomic E-state index is -0.0185. The van der Waals surface area contributed by atoms with Crippen molar-refractivity contribution in [3.63, 3.8) is 0 Å². The molecule has 3 rings (SSSR count). The fourth-order valence-corrected chi connectivity index (χ4v) is 4.50. The smallest absolute Gasteiger partial charge is 0.224 e. The van der Waals surface area contributed by atoms with Gasteiger partial charge in [0.2, 0.25) is 11.7 Å². The van der Waals surface area contributed by atoms with Crippen LogP contribution in [0.4, 0.5) is 0 Å². The van der Waals surface area contributed by atoms with Crippen LogP contribution in [0.5, 0.6) is 17.2 Å². The summed E-state index contributed by atoms with van der Waals surface area (Å²) in [6.07, 6.45) is 2.70. The van der Waals surface area contributed by atoms with Crippen molar-refractivity contribution < 1.29 is 19.0 Å². The maximum absolute atomic E-state index is 12.6. The third kappa shape index (κ3) is 4.77. The molecule has 1 atom stereocenters. The maximum atomic E-state index is 12.6. The van der Waals surface area contributed by atoms with Gasteiger partial charge < -0.3 is 19.5 Å². The number of ether oxygens (including phenoxy) is 3. The molecule has 2 aromatic rings. The number of amides is 1. The number of nitrogens with one attached hydrogen (secondary N) is 1. The Hall–Kier alpha value is -2.25. The van der Waals surface area contributed by atoms with E-state index in [1.54, 1.807) is 32.7 Å². The third-order valence-electron chi connectivity index (χ3n) is 5.03. The average molecular weight is 405 g/mol. The van der Waals surface area contributed by atoms with E-state index >= 15 is 0 Å². The van der Waals surface area contributed by atoms with Gasteiger partial charge >= 0.3 is 0 Å². The second-order valence-corrected chi connectivity index (χ2v) is 7.77. The van der Waals surface area contributed by atoms with E-state index in [0.717, 1.165) is 18.7 Å². The summed E-state index contributed by atoms with van der Waals surface area (Å²) in [4.78, 5) is 16.4. The van der Waals surface area contributed by atoms with Gasteiger partial charge in [-0.2, -0.15) is 0 Å². The normalized spacial score (nSPS) is 15.2. The lowest BCUT2D eigenvalue weighted by molar-refractivity contribution is -0.120. The predicted molar refractivity (Wildman–Crippen MR) is 111 cm³/mol. The largest absolute Gasteiger partial charge is 0.493 e. The first-order valence-corrected chi connectivity index (χ1v) is 10.4. The lowest BCUT2D eigenvalue weighted by Crippen LogP contribution is -2.37. The average Bonchev–Trinajstić information content (AvgIpc) is 3.42. The van der Waals surface area contributed by atoms with Crippen LogP contribution in [0.2, 0.25) is 0 Å². The van der Waals surface area contributed by atoms with E-state index < -0.39 is 0 Å².